The van der Waals surface area contributed by atoms with Crippen LogP contribution < -0.4 is 10.6 Å². The van der Waals surface area contributed by atoms with Gasteiger partial charge in [0.1, 0.15) is 0 Å². The van der Waals surface area contributed by atoms with E-state index in [1.54, 1.807) is 48.2 Å². The molecule has 0 spiro atoms. The fraction of sp³-hybridized carbons (Fsp3) is 0.550. The quantitative estimate of drug-likeness (QED) is 0.808. The van der Waals surface area contributed by atoms with Crippen molar-refractivity contribution >= 4 is 29.4 Å². The first kappa shape index (κ1) is 21.5. The van der Waals surface area contributed by atoms with Gasteiger partial charge < -0.3 is 19.9 Å². The Bertz CT molecular complexity index is 697. The van der Waals surface area contributed by atoms with Gasteiger partial charge in [-0.1, -0.05) is 19.9 Å². The summed E-state index contributed by atoms with van der Waals surface area (Å²) in [6, 6.07) is 6.93. The van der Waals surface area contributed by atoms with Crippen molar-refractivity contribution in [3.8, 4) is 0 Å². The van der Waals surface area contributed by atoms with Crippen LogP contribution in [0.2, 0.25) is 0 Å². The molecule has 1 heterocycles. The summed E-state index contributed by atoms with van der Waals surface area (Å²) >= 11 is 0. The molecular formula is C20H30N4O4. The summed E-state index contributed by atoms with van der Waals surface area (Å²) in [7, 11) is 3.45. The second-order valence-electron chi connectivity index (χ2n) is 7.63. The number of rotatable bonds is 5. The number of piperidine rings is 1. The minimum atomic E-state index is -0.518. The van der Waals surface area contributed by atoms with Crippen molar-refractivity contribution in [3.63, 3.8) is 0 Å². The third-order valence-corrected chi connectivity index (χ3v) is 4.44. The summed E-state index contributed by atoms with van der Waals surface area (Å²) in [5.41, 5.74) is 1.16. The lowest BCUT2D eigenvalue weighted by Gasteiger charge is -2.33. The van der Waals surface area contributed by atoms with Crippen molar-refractivity contribution in [1.82, 2.24) is 9.80 Å². The molecule has 0 atom stereocenters. The third kappa shape index (κ3) is 6.44. The summed E-state index contributed by atoms with van der Waals surface area (Å²) in [6.45, 7) is 5.41. The van der Waals surface area contributed by atoms with Crippen molar-refractivity contribution in [3.05, 3.63) is 24.3 Å². The maximum absolute atomic E-state index is 12.6. The fourth-order valence-corrected chi connectivity index (χ4v) is 2.93. The number of ether oxygens (including phenoxy) is 1. The van der Waals surface area contributed by atoms with Gasteiger partial charge in [0.05, 0.1) is 6.61 Å². The first-order valence-electron chi connectivity index (χ1n) is 9.57. The van der Waals surface area contributed by atoms with Crippen LogP contribution in [0.15, 0.2) is 24.3 Å². The molecule has 0 radical (unpaired) electrons. The van der Waals surface area contributed by atoms with Crippen LogP contribution in [0.1, 0.15) is 26.7 Å². The zero-order chi connectivity index (χ0) is 20.7. The SMILES string of the molecule is CC(C)COC(=O)Nc1cccc(NC(=O)C2CCN(C(=O)N(C)C)CC2)c1. The van der Waals surface area contributed by atoms with Crippen molar-refractivity contribution in [2.75, 3.05) is 44.4 Å². The molecule has 0 unspecified atom stereocenters. The molecule has 1 aliphatic heterocycles. The Labute approximate surface area is 166 Å². The highest BCUT2D eigenvalue weighted by Crippen LogP contribution is 2.21. The maximum Gasteiger partial charge on any atom is 0.411 e. The van der Waals surface area contributed by atoms with Gasteiger partial charge in [-0.05, 0) is 37.0 Å². The molecular weight excluding hydrogens is 360 g/mol. The highest BCUT2D eigenvalue weighted by molar-refractivity contribution is 5.94. The minimum absolute atomic E-state index is 0.0259. The molecule has 1 aromatic carbocycles. The summed E-state index contributed by atoms with van der Waals surface area (Å²) in [5.74, 6) is 0.0473. The number of benzene rings is 1. The molecule has 2 N–H and O–H groups in total. The van der Waals surface area contributed by atoms with Gasteiger partial charge in [0.2, 0.25) is 5.91 Å². The molecule has 0 aromatic heterocycles. The predicted molar refractivity (Wildman–Crippen MR) is 108 cm³/mol. The number of nitrogens with zero attached hydrogens (tertiary/aromatic N) is 2. The van der Waals surface area contributed by atoms with Crippen molar-refractivity contribution in [2.24, 2.45) is 11.8 Å². The van der Waals surface area contributed by atoms with Crippen LogP contribution in [0.25, 0.3) is 0 Å². The summed E-state index contributed by atoms with van der Waals surface area (Å²) in [5, 5.41) is 5.56. The number of amides is 4. The average molecular weight is 390 g/mol. The lowest BCUT2D eigenvalue weighted by molar-refractivity contribution is -0.121. The first-order valence-corrected chi connectivity index (χ1v) is 9.57. The number of hydrogen-bond donors (Lipinski definition) is 2. The van der Waals surface area contributed by atoms with E-state index in [0.717, 1.165) is 0 Å². The number of carbonyl (C=O) groups is 3. The molecule has 1 fully saturated rings. The van der Waals surface area contributed by atoms with Gasteiger partial charge in [-0.2, -0.15) is 0 Å². The standard InChI is InChI=1S/C20H30N4O4/c1-14(2)13-28-19(26)22-17-7-5-6-16(12-17)21-18(25)15-8-10-24(11-9-15)20(27)23(3)4/h5-7,12,14-15H,8-11,13H2,1-4H3,(H,21,25)(H,22,26). The Morgan fingerprint density at radius 1 is 1.14 bits per heavy atom. The predicted octanol–water partition coefficient (Wildman–Crippen LogP) is 3.22. The Kier molecular flexibility index (Phi) is 7.66. The van der Waals surface area contributed by atoms with Gasteiger partial charge in [0.25, 0.3) is 0 Å². The smallest absolute Gasteiger partial charge is 0.411 e. The maximum atomic E-state index is 12.6. The second-order valence-corrected chi connectivity index (χ2v) is 7.63. The number of urea groups is 1. The lowest BCUT2D eigenvalue weighted by Crippen LogP contribution is -2.45. The van der Waals surface area contributed by atoms with Crippen LogP contribution in [-0.4, -0.2) is 61.6 Å². The Morgan fingerprint density at radius 3 is 2.32 bits per heavy atom. The summed E-state index contributed by atoms with van der Waals surface area (Å²) in [4.78, 5) is 39.6. The number of carbonyl (C=O) groups excluding carboxylic acids is 3. The minimum Gasteiger partial charge on any atom is -0.449 e. The van der Waals surface area contributed by atoms with Gasteiger partial charge in [-0.25, -0.2) is 9.59 Å². The molecule has 8 heteroatoms. The Hall–Kier alpha value is -2.77. The third-order valence-electron chi connectivity index (χ3n) is 4.44. The molecule has 2 rings (SSSR count). The Balaban J connectivity index is 1.86. The van der Waals surface area contributed by atoms with Crippen molar-refractivity contribution in [1.29, 1.82) is 0 Å². The zero-order valence-corrected chi connectivity index (χ0v) is 17.0. The van der Waals surface area contributed by atoms with Crippen LogP contribution in [0.3, 0.4) is 0 Å². The van der Waals surface area contributed by atoms with Gasteiger partial charge in [0, 0.05) is 44.5 Å². The molecule has 1 aliphatic rings. The molecule has 4 amide bonds. The normalized spacial score (nSPS) is 14.5. The van der Waals surface area contributed by atoms with Gasteiger partial charge >= 0.3 is 12.1 Å². The van der Waals surface area contributed by atoms with E-state index in [2.05, 4.69) is 10.6 Å². The lowest BCUT2D eigenvalue weighted by atomic mass is 9.96. The van der Waals surface area contributed by atoms with Crippen LogP contribution in [0.4, 0.5) is 21.0 Å². The molecule has 0 aliphatic carbocycles. The monoisotopic (exact) mass is 390 g/mol. The van der Waals surface area contributed by atoms with E-state index in [4.69, 9.17) is 4.74 Å². The van der Waals surface area contributed by atoms with Gasteiger partial charge in [0.15, 0.2) is 0 Å². The molecule has 154 valence electrons. The van der Waals surface area contributed by atoms with Gasteiger partial charge in [-0.15, -0.1) is 0 Å². The van der Waals surface area contributed by atoms with Crippen molar-refractivity contribution in [2.45, 2.75) is 26.7 Å². The average Bonchev–Trinajstić information content (AvgIpc) is 2.66. The zero-order valence-electron chi connectivity index (χ0n) is 17.0. The van der Waals surface area contributed by atoms with Crippen LogP contribution in [0.5, 0.6) is 0 Å². The van der Waals surface area contributed by atoms with E-state index in [0.29, 0.717) is 43.9 Å². The largest absolute Gasteiger partial charge is 0.449 e. The van der Waals surface area contributed by atoms with E-state index in [-0.39, 0.29) is 23.8 Å². The van der Waals surface area contributed by atoms with E-state index in [1.165, 1.54) is 0 Å². The molecule has 8 nitrogen and oxygen atoms in total. The molecule has 0 saturated carbocycles. The molecule has 1 aromatic rings. The van der Waals surface area contributed by atoms with E-state index >= 15 is 0 Å². The highest BCUT2D eigenvalue weighted by Gasteiger charge is 2.28. The van der Waals surface area contributed by atoms with Crippen LogP contribution in [-0.2, 0) is 9.53 Å². The van der Waals surface area contributed by atoms with E-state index in [9.17, 15) is 14.4 Å². The summed E-state index contributed by atoms with van der Waals surface area (Å²) < 4.78 is 5.10. The summed E-state index contributed by atoms with van der Waals surface area (Å²) in [6.07, 6.45) is 0.741. The highest BCUT2D eigenvalue weighted by atomic mass is 16.5. The number of likely N-dealkylation sites (tertiary alicyclic amines) is 1. The number of anilines is 2. The van der Waals surface area contributed by atoms with Gasteiger partial charge in [-0.3, -0.25) is 10.1 Å². The first-order chi connectivity index (χ1) is 13.3. The molecule has 0 bridgehead atoms. The number of hydrogen-bond acceptors (Lipinski definition) is 4. The topological polar surface area (TPSA) is 91.0 Å². The fourth-order valence-electron chi connectivity index (χ4n) is 2.93. The van der Waals surface area contributed by atoms with E-state index in [1.807, 2.05) is 13.8 Å². The van der Waals surface area contributed by atoms with E-state index < -0.39 is 6.09 Å². The number of nitrogens with one attached hydrogen (secondary N) is 2. The van der Waals surface area contributed by atoms with Crippen LogP contribution >= 0.6 is 0 Å². The van der Waals surface area contributed by atoms with Crippen LogP contribution in [0, 0.1) is 11.8 Å². The van der Waals surface area contributed by atoms with Crippen molar-refractivity contribution < 1.29 is 19.1 Å². The molecule has 1 saturated heterocycles. The second kappa shape index (κ2) is 9.96. The molecule has 28 heavy (non-hydrogen) atoms. The Morgan fingerprint density at radius 2 is 1.75 bits per heavy atom.